The van der Waals surface area contributed by atoms with Gasteiger partial charge in [0.15, 0.2) is 0 Å². The smallest absolute Gasteiger partial charge is 0.256 e. The zero-order valence-electron chi connectivity index (χ0n) is 7.07. The number of carbonyl (C=O) groups is 1. The fourth-order valence-corrected chi connectivity index (χ4v) is 0.905. The Kier molecular flexibility index (Phi) is 2.38. The topological polar surface area (TPSA) is 52.0 Å². The highest BCUT2D eigenvalue weighted by atomic mass is 16.1. The summed E-state index contributed by atoms with van der Waals surface area (Å²) in [5, 5.41) is 0. The minimum absolute atomic E-state index is 0.139. The lowest BCUT2D eigenvalue weighted by molar-refractivity contribution is -0.107. The monoisotopic (exact) mass is 166 g/mol. The van der Waals surface area contributed by atoms with E-state index >= 15 is 0 Å². The third kappa shape index (κ3) is 1.42. The molecule has 1 heterocycles. The van der Waals surface area contributed by atoms with Crippen LogP contribution in [-0.4, -0.2) is 15.8 Å². The average molecular weight is 166 g/mol. The summed E-state index contributed by atoms with van der Waals surface area (Å²) in [6.07, 6.45) is 2.29. The van der Waals surface area contributed by atoms with Crippen LogP contribution in [-0.2, 0) is 18.3 Å². The highest BCUT2D eigenvalue weighted by Crippen LogP contribution is 1.90. The molecule has 0 radical (unpaired) electrons. The van der Waals surface area contributed by atoms with E-state index in [1.165, 1.54) is 10.8 Å². The van der Waals surface area contributed by atoms with Crippen LogP contribution in [0.3, 0.4) is 0 Å². The Bertz CT molecular complexity index is 355. The summed E-state index contributed by atoms with van der Waals surface area (Å²) >= 11 is 0. The molecule has 0 spiro atoms. The molecule has 0 bridgehead atoms. The van der Waals surface area contributed by atoms with Crippen LogP contribution in [0.25, 0.3) is 0 Å². The van der Waals surface area contributed by atoms with Crippen molar-refractivity contribution in [2.24, 2.45) is 7.05 Å². The van der Waals surface area contributed by atoms with E-state index in [0.717, 1.165) is 0 Å². The van der Waals surface area contributed by atoms with Gasteiger partial charge in [-0.2, -0.15) is 0 Å². The first-order chi connectivity index (χ1) is 5.66. The maximum atomic E-state index is 11.3. The van der Waals surface area contributed by atoms with Crippen molar-refractivity contribution in [3.8, 4) is 0 Å². The number of carbonyl (C=O) groups excluding carboxylic acids is 1. The molecular weight excluding hydrogens is 156 g/mol. The molecule has 12 heavy (non-hydrogen) atoms. The number of hydrogen-bond acceptors (Lipinski definition) is 3. The highest BCUT2D eigenvalue weighted by molar-refractivity contribution is 5.54. The Morgan fingerprint density at radius 1 is 1.67 bits per heavy atom. The Morgan fingerprint density at radius 3 is 2.92 bits per heavy atom. The Balaban J connectivity index is 3.26. The molecular formula is C8H10N2O2. The molecule has 0 aliphatic carbocycles. The molecule has 4 heteroatoms. The second kappa shape index (κ2) is 3.30. The number of rotatable bonds is 2. The lowest BCUT2D eigenvalue weighted by Crippen LogP contribution is -2.24. The third-order valence-corrected chi connectivity index (χ3v) is 1.78. The summed E-state index contributed by atoms with van der Waals surface area (Å²) in [5.74, 6) is 0.648. The van der Waals surface area contributed by atoms with Gasteiger partial charge in [0.2, 0.25) is 0 Å². The van der Waals surface area contributed by atoms with Crippen LogP contribution in [0.5, 0.6) is 0 Å². The Labute approximate surface area is 69.9 Å². The van der Waals surface area contributed by atoms with E-state index in [2.05, 4.69) is 4.98 Å². The predicted molar refractivity (Wildman–Crippen MR) is 44.0 cm³/mol. The quantitative estimate of drug-likeness (QED) is 0.573. The molecule has 0 amide bonds. The maximum Gasteiger partial charge on any atom is 0.256 e. The SMILES string of the molecule is Cc1ncc(CC=O)c(=O)n1C. The number of hydrogen-bond donors (Lipinski definition) is 0. The zero-order valence-corrected chi connectivity index (χ0v) is 7.07. The molecule has 64 valence electrons. The Morgan fingerprint density at radius 2 is 2.33 bits per heavy atom. The fourth-order valence-electron chi connectivity index (χ4n) is 0.905. The first-order valence-corrected chi connectivity index (χ1v) is 3.62. The summed E-state index contributed by atoms with van der Waals surface area (Å²) in [5.41, 5.74) is 0.299. The van der Waals surface area contributed by atoms with E-state index in [9.17, 15) is 9.59 Å². The van der Waals surface area contributed by atoms with Crippen molar-refractivity contribution in [3.63, 3.8) is 0 Å². The summed E-state index contributed by atoms with van der Waals surface area (Å²) in [6, 6.07) is 0. The van der Waals surface area contributed by atoms with Gasteiger partial charge in [0.05, 0.1) is 0 Å². The first kappa shape index (κ1) is 8.64. The van der Waals surface area contributed by atoms with Crippen LogP contribution in [0.4, 0.5) is 0 Å². The van der Waals surface area contributed by atoms with Crippen LogP contribution in [0.1, 0.15) is 11.4 Å². The van der Waals surface area contributed by atoms with E-state index < -0.39 is 0 Å². The van der Waals surface area contributed by atoms with Crippen LogP contribution >= 0.6 is 0 Å². The van der Waals surface area contributed by atoms with Gasteiger partial charge < -0.3 is 4.79 Å². The van der Waals surface area contributed by atoms with Gasteiger partial charge in [0.1, 0.15) is 12.1 Å². The van der Waals surface area contributed by atoms with Crippen LogP contribution in [0, 0.1) is 6.92 Å². The molecule has 0 saturated carbocycles. The van der Waals surface area contributed by atoms with Gasteiger partial charge in [0, 0.05) is 25.2 Å². The van der Waals surface area contributed by atoms with Crippen molar-refractivity contribution in [3.05, 3.63) is 27.9 Å². The molecule has 0 aromatic carbocycles. The maximum absolute atomic E-state index is 11.3. The summed E-state index contributed by atoms with van der Waals surface area (Å²) < 4.78 is 1.43. The van der Waals surface area contributed by atoms with Crippen molar-refractivity contribution in [1.82, 2.24) is 9.55 Å². The van der Waals surface area contributed by atoms with E-state index in [1.54, 1.807) is 14.0 Å². The molecule has 0 aliphatic rings. The van der Waals surface area contributed by atoms with E-state index in [1.807, 2.05) is 0 Å². The number of aryl methyl sites for hydroxylation is 1. The van der Waals surface area contributed by atoms with E-state index in [-0.39, 0.29) is 12.0 Å². The molecule has 0 atom stereocenters. The van der Waals surface area contributed by atoms with Gasteiger partial charge in [-0.25, -0.2) is 4.98 Å². The van der Waals surface area contributed by atoms with Crippen molar-refractivity contribution in [2.75, 3.05) is 0 Å². The number of aromatic nitrogens is 2. The fraction of sp³-hybridized carbons (Fsp3) is 0.375. The van der Waals surface area contributed by atoms with Crippen LogP contribution in [0.15, 0.2) is 11.0 Å². The van der Waals surface area contributed by atoms with Crippen molar-refractivity contribution in [1.29, 1.82) is 0 Å². The van der Waals surface area contributed by atoms with Crippen LogP contribution < -0.4 is 5.56 Å². The normalized spacial score (nSPS) is 9.83. The molecule has 1 rings (SSSR count). The second-order valence-corrected chi connectivity index (χ2v) is 2.57. The van der Waals surface area contributed by atoms with Crippen molar-refractivity contribution >= 4 is 6.29 Å². The average Bonchev–Trinajstić information content (AvgIpc) is 2.07. The standard InChI is InChI=1S/C8H10N2O2/c1-6-9-5-7(3-4-11)8(12)10(6)2/h4-5H,3H2,1-2H3. The largest absolute Gasteiger partial charge is 0.303 e. The number of aldehydes is 1. The molecule has 0 unspecified atom stereocenters. The van der Waals surface area contributed by atoms with Crippen molar-refractivity contribution in [2.45, 2.75) is 13.3 Å². The highest BCUT2D eigenvalue weighted by Gasteiger charge is 2.02. The second-order valence-electron chi connectivity index (χ2n) is 2.57. The van der Waals surface area contributed by atoms with Gasteiger partial charge >= 0.3 is 0 Å². The lowest BCUT2D eigenvalue weighted by atomic mass is 10.2. The van der Waals surface area contributed by atoms with Crippen LogP contribution in [0.2, 0.25) is 0 Å². The van der Waals surface area contributed by atoms with E-state index in [0.29, 0.717) is 17.7 Å². The van der Waals surface area contributed by atoms with Crippen molar-refractivity contribution < 1.29 is 4.79 Å². The summed E-state index contributed by atoms with van der Waals surface area (Å²) in [7, 11) is 1.64. The molecule has 4 nitrogen and oxygen atoms in total. The van der Waals surface area contributed by atoms with E-state index in [4.69, 9.17) is 0 Å². The third-order valence-electron chi connectivity index (χ3n) is 1.78. The molecule has 0 N–H and O–H groups in total. The zero-order chi connectivity index (χ0) is 9.14. The summed E-state index contributed by atoms with van der Waals surface area (Å²) in [6.45, 7) is 1.74. The number of nitrogens with zero attached hydrogens (tertiary/aromatic N) is 2. The molecule has 0 saturated heterocycles. The molecule has 0 fully saturated rings. The lowest BCUT2D eigenvalue weighted by Gasteiger charge is -2.02. The van der Waals surface area contributed by atoms with Gasteiger partial charge in [-0.1, -0.05) is 0 Å². The minimum atomic E-state index is -0.144. The minimum Gasteiger partial charge on any atom is -0.303 e. The van der Waals surface area contributed by atoms with Gasteiger partial charge in [-0.3, -0.25) is 9.36 Å². The molecule has 0 aliphatic heterocycles. The van der Waals surface area contributed by atoms with Gasteiger partial charge in [0.25, 0.3) is 5.56 Å². The van der Waals surface area contributed by atoms with Gasteiger partial charge in [-0.05, 0) is 6.92 Å². The predicted octanol–water partition coefficient (Wildman–Crippen LogP) is -0.170. The van der Waals surface area contributed by atoms with Gasteiger partial charge in [-0.15, -0.1) is 0 Å². The molecule has 1 aromatic heterocycles. The summed E-state index contributed by atoms with van der Waals surface area (Å²) in [4.78, 5) is 25.5. The molecule has 1 aromatic rings. The first-order valence-electron chi connectivity index (χ1n) is 3.62. The Hall–Kier alpha value is -1.45.